The van der Waals surface area contributed by atoms with Crippen molar-refractivity contribution in [2.45, 2.75) is 70.0 Å². The van der Waals surface area contributed by atoms with Gasteiger partial charge in [0.05, 0.1) is 4.90 Å². The van der Waals surface area contributed by atoms with E-state index in [1.165, 1.54) is 11.4 Å². The third-order valence-corrected chi connectivity index (χ3v) is 9.06. The topological polar surface area (TPSA) is 86.8 Å². The van der Waals surface area contributed by atoms with Gasteiger partial charge < -0.3 is 10.2 Å². The molecule has 0 saturated carbocycles. The molecule has 214 valence electrons. The van der Waals surface area contributed by atoms with Crippen LogP contribution in [-0.2, 0) is 32.6 Å². The molecule has 0 unspecified atom stereocenters. The first-order valence-corrected chi connectivity index (χ1v) is 15.3. The van der Waals surface area contributed by atoms with Crippen molar-refractivity contribution in [3.63, 3.8) is 0 Å². The molecule has 0 fully saturated rings. The van der Waals surface area contributed by atoms with Crippen molar-refractivity contribution in [3.05, 3.63) is 102 Å². The molecule has 0 aliphatic heterocycles. The first-order chi connectivity index (χ1) is 19.1. The van der Waals surface area contributed by atoms with Crippen molar-refractivity contribution in [1.29, 1.82) is 0 Å². The number of rotatable bonds is 14. The van der Waals surface area contributed by atoms with Crippen molar-refractivity contribution in [1.82, 2.24) is 14.5 Å². The van der Waals surface area contributed by atoms with Crippen LogP contribution in [0.15, 0.2) is 89.8 Å². The highest BCUT2D eigenvalue weighted by atomic mass is 32.2. The SMILES string of the molecule is CC[C@H](C)NC(=O)[C@H](Cc1ccccc1)N(Cc1ccccc1C)C(=O)CCCN(C)S(=O)(=O)c1ccccc1. The number of nitrogens with zero attached hydrogens (tertiary/aromatic N) is 2. The average molecular weight is 564 g/mol. The van der Waals surface area contributed by atoms with Gasteiger partial charge in [0.25, 0.3) is 0 Å². The summed E-state index contributed by atoms with van der Waals surface area (Å²) in [5.41, 5.74) is 2.96. The Morgan fingerprint density at radius 3 is 2.12 bits per heavy atom. The predicted octanol–water partition coefficient (Wildman–Crippen LogP) is 4.95. The number of benzene rings is 3. The number of nitrogens with one attached hydrogen (secondary N) is 1. The van der Waals surface area contributed by atoms with Crippen molar-refractivity contribution in [2.75, 3.05) is 13.6 Å². The van der Waals surface area contributed by atoms with Crippen LogP contribution < -0.4 is 5.32 Å². The van der Waals surface area contributed by atoms with E-state index < -0.39 is 16.1 Å². The summed E-state index contributed by atoms with van der Waals surface area (Å²) in [7, 11) is -2.13. The molecule has 3 aromatic carbocycles. The van der Waals surface area contributed by atoms with Crippen LogP contribution in [0.5, 0.6) is 0 Å². The molecule has 0 heterocycles. The molecule has 0 bridgehead atoms. The standard InChI is InChI=1S/C32H41N3O4S/c1-5-26(3)33-32(37)30(23-27-16-8-6-9-17-27)35(24-28-18-13-12-15-25(28)2)31(36)21-14-22-34(4)40(38,39)29-19-10-7-11-20-29/h6-13,15-20,26,30H,5,14,21-24H2,1-4H3,(H,33,37)/t26-,30-/m0/s1. The Bertz CT molecular complexity index is 1350. The lowest BCUT2D eigenvalue weighted by molar-refractivity contribution is -0.141. The quantitative estimate of drug-likeness (QED) is 0.301. The van der Waals surface area contributed by atoms with E-state index in [4.69, 9.17) is 0 Å². The Kier molecular flexibility index (Phi) is 11.5. The molecule has 2 atom stereocenters. The summed E-state index contributed by atoms with van der Waals surface area (Å²) < 4.78 is 27.1. The molecule has 0 spiro atoms. The molecule has 8 heteroatoms. The molecule has 0 saturated heterocycles. The van der Waals surface area contributed by atoms with E-state index >= 15 is 0 Å². The zero-order valence-electron chi connectivity index (χ0n) is 23.9. The number of hydrogen-bond acceptors (Lipinski definition) is 4. The number of aryl methyl sites for hydroxylation is 1. The zero-order valence-corrected chi connectivity index (χ0v) is 24.7. The highest BCUT2D eigenvalue weighted by Gasteiger charge is 2.31. The van der Waals surface area contributed by atoms with Crippen LogP contribution in [0.4, 0.5) is 0 Å². The van der Waals surface area contributed by atoms with Crippen LogP contribution in [0.3, 0.4) is 0 Å². The fraction of sp³-hybridized carbons (Fsp3) is 0.375. The maximum Gasteiger partial charge on any atom is 0.243 e. The van der Waals surface area contributed by atoms with Gasteiger partial charge in [0, 0.05) is 39.0 Å². The van der Waals surface area contributed by atoms with E-state index in [1.54, 1.807) is 35.2 Å². The number of amides is 2. The Morgan fingerprint density at radius 2 is 1.50 bits per heavy atom. The lowest BCUT2D eigenvalue weighted by Gasteiger charge is -2.33. The lowest BCUT2D eigenvalue weighted by Crippen LogP contribution is -2.52. The Morgan fingerprint density at radius 1 is 0.900 bits per heavy atom. The molecule has 2 amide bonds. The minimum atomic E-state index is -3.65. The van der Waals surface area contributed by atoms with E-state index in [-0.39, 0.29) is 42.3 Å². The summed E-state index contributed by atoms with van der Waals surface area (Å²) >= 11 is 0. The summed E-state index contributed by atoms with van der Waals surface area (Å²) in [5.74, 6) is -0.377. The Balaban J connectivity index is 1.84. The number of sulfonamides is 1. The summed E-state index contributed by atoms with van der Waals surface area (Å²) in [6.45, 7) is 6.42. The lowest BCUT2D eigenvalue weighted by atomic mass is 10.0. The third-order valence-electron chi connectivity index (χ3n) is 7.19. The minimum Gasteiger partial charge on any atom is -0.352 e. The molecule has 0 aliphatic carbocycles. The summed E-state index contributed by atoms with van der Waals surface area (Å²) in [6, 6.07) is 25.1. The zero-order chi connectivity index (χ0) is 29.1. The first kappa shape index (κ1) is 31.0. The summed E-state index contributed by atoms with van der Waals surface area (Å²) in [4.78, 5) is 29.3. The second-order valence-electron chi connectivity index (χ2n) is 10.2. The molecule has 3 rings (SSSR count). The van der Waals surface area contributed by atoms with Crippen LogP contribution in [0, 0.1) is 6.92 Å². The monoisotopic (exact) mass is 563 g/mol. The fourth-order valence-corrected chi connectivity index (χ4v) is 5.69. The molecular formula is C32H41N3O4S. The van der Waals surface area contributed by atoms with Gasteiger partial charge in [0.2, 0.25) is 21.8 Å². The summed E-state index contributed by atoms with van der Waals surface area (Å²) in [6.07, 6.45) is 1.60. The molecule has 7 nitrogen and oxygen atoms in total. The van der Waals surface area contributed by atoms with Gasteiger partial charge in [0.15, 0.2) is 0 Å². The molecule has 1 N–H and O–H groups in total. The molecule has 0 radical (unpaired) electrons. The van der Waals surface area contributed by atoms with Crippen molar-refractivity contribution < 1.29 is 18.0 Å². The number of carbonyl (C=O) groups excluding carboxylic acids is 2. The largest absolute Gasteiger partial charge is 0.352 e. The Labute approximate surface area is 239 Å². The van der Waals surface area contributed by atoms with Gasteiger partial charge in [-0.15, -0.1) is 0 Å². The van der Waals surface area contributed by atoms with Crippen LogP contribution in [0.1, 0.15) is 49.8 Å². The van der Waals surface area contributed by atoms with Gasteiger partial charge in [-0.05, 0) is 55.5 Å². The van der Waals surface area contributed by atoms with Gasteiger partial charge in [-0.3, -0.25) is 9.59 Å². The molecular weight excluding hydrogens is 522 g/mol. The highest BCUT2D eigenvalue weighted by Crippen LogP contribution is 2.20. The highest BCUT2D eigenvalue weighted by molar-refractivity contribution is 7.89. The van der Waals surface area contributed by atoms with Crippen molar-refractivity contribution in [3.8, 4) is 0 Å². The molecule has 40 heavy (non-hydrogen) atoms. The average Bonchev–Trinajstić information content (AvgIpc) is 2.96. The normalized spacial score (nSPS) is 13.0. The van der Waals surface area contributed by atoms with E-state index in [9.17, 15) is 18.0 Å². The Hall–Kier alpha value is -3.49. The van der Waals surface area contributed by atoms with Crippen LogP contribution >= 0.6 is 0 Å². The van der Waals surface area contributed by atoms with E-state index in [1.807, 2.05) is 75.4 Å². The minimum absolute atomic E-state index is 0.0296. The second kappa shape index (κ2) is 14.8. The van der Waals surface area contributed by atoms with Crippen molar-refractivity contribution >= 4 is 21.8 Å². The van der Waals surface area contributed by atoms with Crippen molar-refractivity contribution in [2.24, 2.45) is 0 Å². The predicted molar refractivity (Wildman–Crippen MR) is 159 cm³/mol. The number of carbonyl (C=O) groups is 2. The molecule has 0 aliphatic rings. The van der Waals surface area contributed by atoms with Gasteiger partial charge in [-0.1, -0.05) is 79.7 Å². The van der Waals surface area contributed by atoms with E-state index in [2.05, 4.69) is 5.32 Å². The molecule has 3 aromatic rings. The van der Waals surface area contributed by atoms with Crippen LogP contribution in [0.2, 0.25) is 0 Å². The smallest absolute Gasteiger partial charge is 0.243 e. The fourth-order valence-electron chi connectivity index (χ4n) is 4.46. The third kappa shape index (κ3) is 8.50. The molecule has 0 aromatic heterocycles. The van der Waals surface area contributed by atoms with Gasteiger partial charge >= 0.3 is 0 Å². The van der Waals surface area contributed by atoms with E-state index in [0.29, 0.717) is 12.8 Å². The van der Waals surface area contributed by atoms with E-state index in [0.717, 1.165) is 23.1 Å². The maximum atomic E-state index is 13.8. The first-order valence-electron chi connectivity index (χ1n) is 13.8. The maximum absolute atomic E-state index is 13.8. The second-order valence-corrected chi connectivity index (χ2v) is 12.3. The van der Waals surface area contributed by atoms with Crippen LogP contribution in [-0.4, -0.2) is 55.1 Å². The van der Waals surface area contributed by atoms with Gasteiger partial charge in [-0.25, -0.2) is 12.7 Å². The van der Waals surface area contributed by atoms with Gasteiger partial charge in [0.1, 0.15) is 6.04 Å². The summed E-state index contributed by atoms with van der Waals surface area (Å²) in [5, 5.41) is 3.08. The number of hydrogen-bond donors (Lipinski definition) is 1. The van der Waals surface area contributed by atoms with Crippen LogP contribution in [0.25, 0.3) is 0 Å². The van der Waals surface area contributed by atoms with Gasteiger partial charge in [-0.2, -0.15) is 0 Å².